The lowest BCUT2D eigenvalue weighted by Gasteiger charge is -2.37. The zero-order valence-corrected chi connectivity index (χ0v) is 16.2. The van der Waals surface area contributed by atoms with Gasteiger partial charge in [-0.1, -0.05) is 12.1 Å². The molecule has 2 aromatic carbocycles. The number of rotatable bonds is 7. The summed E-state index contributed by atoms with van der Waals surface area (Å²) in [7, 11) is 1.68. The summed E-state index contributed by atoms with van der Waals surface area (Å²) in [6.45, 7) is 10.7. The van der Waals surface area contributed by atoms with Crippen molar-refractivity contribution in [2.24, 2.45) is 0 Å². The molecule has 0 radical (unpaired) electrons. The number of anilines is 1. The Morgan fingerprint density at radius 3 is 2.27 bits per heavy atom. The highest BCUT2D eigenvalue weighted by Crippen LogP contribution is 2.24. The predicted octanol–water partition coefficient (Wildman–Crippen LogP) is 3.90. The second-order valence-electron chi connectivity index (χ2n) is 6.93. The average Bonchev–Trinajstić information content (AvgIpc) is 2.68. The van der Waals surface area contributed by atoms with Crippen molar-refractivity contribution in [3.8, 4) is 11.5 Å². The highest BCUT2D eigenvalue weighted by atomic mass is 16.5. The fraction of sp³-hybridized carbons (Fsp3) is 0.455. The normalized spacial score (nSPS) is 15.1. The average molecular weight is 354 g/mol. The highest BCUT2D eigenvalue weighted by Gasteiger charge is 2.18. The van der Waals surface area contributed by atoms with Crippen molar-refractivity contribution in [1.29, 1.82) is 0 Å². The van der Waals surface area contributed by atoms with Crippen molar-refractivity contribution in [2.45, 2.75) is 20.3 Å². The lowest BCUT2D eigenvalue weighted by atomic mass is 10.1. The van der Waals surface area contributed by atoms with Gasteiger partial charge < -0.3 is 14.4 Å². The Kier molecular flexibility index (Phi) is 6.40. The first-order valence-corrected chi connectivity index (χ1v) is 9.48. The van der Waals surface area contributed by atoms with Gasteiger partial charge in [0, 0.05) is 38.4 Å². The molecule has 0 bridgehead atoms. The molecule has 0 atom stereocenters. The molecule has 4 heteroatoms. The number of aryl methyl sites for hydroxylation is 1. The second-order valence-corrected chi connectivity index (χ2v) is 6.93. The lowest BCUT2D eigenvalue weighted by molar-refractivity contribution is 0.224. The van der Waals surface area contributed by atoms with Gasteiger partial charge in [-0.15, -0.1) is 0 Å². The molecular weight excluding hydrogens is 324 g/mol. The summed E-state index contributed by atoms with van der Waals surface area (Å²) in [4.78, 5) is 5.06. The Labute approximate surface area is 157 Å². The van der Waals surface area contributed by atoms with Crippen LogP contribution >= 0.6 is 0 Å². The summed E-state index contributed by atoms with van der Waals surface area (Å²) in [5, 5.41) is 0. The molecular formula is C22H30N2O2. The third kappa shape index (κ3) is 4.70. The molecule has 0 N–H and O–H groups in total. The minimum Gasteiger partial charge on any atom is -0.497 e. The molecule has 0 aliphatic carbocycles. The predicted molar refractivity (Wildman–Crippen MR) is 108 cm³/mol. The monoisotopic (exact) mass is 354 g/mol. The fourth-order valence-corrected chi connectivity index (χ4v) is 3.44. The van der Waals surface area contributed by atoms with Gasteiger partial charge in [0.05, 0.1) is 13.7 Å². The van der Waals surface area contributed by atoms with Gasteiger partial charge in [-0.25, -0.2) is 0 Å². The zero-order chi connectivity index (χ0) is 18.4. The van der Waals surface area contributed by atoms with E-state index in [1.807, 2.05) is 24.3 Å². The van der Waals surface area contributed by atoms with Crippen LogP contribution in [0.15, 0.2) is 42.5 Å². The molecule has 0 spiro atoms. The maximum absolute atomic E-state index is 5.82. The molecule has 1 aliphatic rings. The van der Waals surface area contributed by atoms with Gasteiger partial charge in [-0.2, -0.15) is 0 Å². The van der Waals surface area contributed by atoms with Gasteiger partial charge in [0.2, 0.25) is 0 Å². The number of methoxy groups -OCH3 is 1. The molecule has 1 saturated heterocycles. The Morgan fingerprint density at radius 1 is 0.885 bits per heavy atom. The van der Waals surface area contributed by atoms with E-state index in [1.165, 1.54) is 16.8 Å². The number of hydrogen-bond acceptors (Lipinski definition) is 4. The molecule has 1 fully saturated rings. The zero-order valence-electron chi connectivity index (χ0n) is 16.2. The van der Waals surface area contributed by atoms with Crippen LogP contribution in [0.5, 0.6) is 11.5 Å². The van der Waals surface area contributed by atoms with Gasteiger partial charge in [-0.3, -0.25) is 4.90 Å². The molecule has 0 saturated carbocycles. The lowest BCUT2D eigenvalue weighted by Crippen LogP contribution is -2.47. The standard InChI is InChI=1S/C22H30N2O2/c1-18-6-4-7-22(19(18)2)24-15-13-23(14-16-24)12-5-17-26-21-10-8-20(25-3)9-11-21/h4,6-11H,5,12-17H2,1-3H3. The summed E-state index contributed by atoms with van der Waals surface area (Å²) in [6.07, 6.45) is 1.05. The summed E-state index contributed by atoms with van der Waals surface area (Å²) in [5.74, 6) is 1.77. The molecule has 1 aliphatic heterocycles. The van der Waals surface area contributed by atoms with Crippen molar-refractivity contribution in [3.63, 3.8) is 0 Å². The topological polar surface area (TPSA) is 24.9 Å². The molecule has 0 unspecified atom stereocenters. The van der Waals surface area contributed by atoms with Crippen molar-refractivity contribution < 1.29 is 9.47 Å². The Balaban J connectivity index is 1.38. The summed E-state index contributed by atoms with van der Waals surface area (Å²) >= 11 is 0. The maximum atomic E-state index is 5.82. The third-order valence-electron chi connectivity index (χ3n) is 5.24. The summed E-state index contributed by atoms with van der Waals surface area (Å²) < 4.78 is 11.0. The van der Waals surface area contributed by atoms with E-state index in [9.17, 15) is 0 Å². The van der Waals surface area contributed by atoms with Crippen molar-refractivity contribution in [3.05, 3.63) is 53.6 Å². The maximum Gasteiger partial charge on any atom is 0.119 e. The molecule has 26 heavy (non-hydrogen) atoms. The molecule has 1 heterocycles. The first kappa shape index (κ1) is 18.6. The van der Waals surface area contributed by atoms with E-state index in [0.29, 0.717) is 0 Å². The Morgan fingerprint density at radius 2 is 1.58 bits per heavy atom. The Bertz CT molecular complexity index is 692. The van der Waals surface area contributed by atoms with Crippen LogP contribution in [0.4, 0.5) is 5.69 Å². The van der Waals surface area contributed by atoms with Crippen LogP contribution in [0.2, 0.25) is 0 Å². The van der Waals surface area contributed by atoms with Crippen LogP contribution in [-0.4, -0.2) is 51.3 Å². The van der Waals surface area contributed by atoms with E-state index >= 15 is 0 Å². The number of hydrogen-bond donors (Lipinski definition) is 0. The van der Waals surface area contributed by atoms with Crippen LogP contribution in [-0.2, 0) is 0 Å². The van der Waals surface area contributed by atoms with Crippen molar-refractivity contribution in [2.75, 3.05) is 51.3 Å². The molecule has 2 aromatic rings. The smallest absolute Gasteiger partial charge is 0.119 e. The van der Waals surface area contributed by atoms with Crippen LogP contribution < -0.4 is 14.4 Å². The van der Waals surface area contributed by atoms with E-state index in [4.69, 9.17) is 9.47 Å². The quantitative estimate of drug-likeness (QED) is 0.704. The molecule has 140 valence electrons. The van der Waals surface area contributed by atoms with E-state index in [-0.39, 0.29) is 0 Å². The van der Waals surface area contributed by atoms with Crippen molar-refractivity contribution >= 4 is 5.69 Å². The van der Waals surface area contributed by atoms with E-state index in [0.717, 1.165) is 57.3 Å². The SMILES string of the molecule is COc1ccc(OCCCN2CCN(c3cccc(C)c3C)CC2)cc1. The summed E-state index contributed by atoms with van der Waals surface area (Å²) in [5.41, 5.74) is 4.18. The van der Waals surface area contributed by atoms with E-state index in [2.05, 4.69) is 41.8 Å². The van der Waals surface area contributed by atoms with Gasteiger partial charge in [-0.05, 0) is 61.7 Å². The van der Waals surface area contributed by atoms with Crippen LogP contribution in [0, 0.1) is 13.8 Å². The largest absolute Gasteiger partial charge is 0.497 e. The van der Waals surface area contributed by atoms with Crippen LogP contribution in [0.1, 0.15) is 17.5 Å². The number of benzene rings is 2. The number of nitrogens with zero attached hydrogens (tertiary/aromatic N) is 2. The molecule has 4 nitrogen and oxygen atoms in total. The van der Waals surface area contributed by atoms with E-state index in [1.54, 1.807) is 7.11 Å². The van der Waals surface area contributed by atoms with E-state index < -0.39 is 0 Å². The third-order valence-corrected chi connectivity index (χ3v) is 5.24. The second kappa shape index (κ2) is 8.95. The molecule has 3 rings (SSSR count). The number of ether oxygens (including phenoxy) is 2. The Hall–Kier alpha value is -2.20. The number of piperazine rings is 1. The van der Waals surface area contributed by atoms with Gasteiger partial charge in [0.25, 0.3) is 0 Å². The minimum atomic E-state index is 0.754. The first-order chi connectivity index (χ1) is 12.7. The molecule has 0 aromatic heterocycles. The molecule has 0 amide bonds. The van der Waals surface area contributed by atoms with Gasteiger partial charge in [0.1, 0.15) is 11.5 Å². The van der Waals surface area contributed by atoms with Crippen molar-refractivity contribution in [1.82, 2.24) is 4.90 Å². The van der Waals surface area contributed by atoms with Gasteiger partial charge >= 0.3 is 0 Å². The summed E-state index contributed by atoms with van der Waals surface area (Å²) in [6, 6.07) is 14.4. The minimum absolute atomic E-state index is 0.754. The highest BCUT2D eigenvalue weighted by molar-refractivity contribution is 5.56. The first-order valence-electron chi connectivity index (χ1n) is 9.48. The van der Waals surface area contributed by atoms with Crippen LogP contribution in [0.3, 0.4) is 0 Å². The van der Waals surface area contributed by atoms with Gasteiger partial charge in [0.15, 0.2) is 0 Å². The van der Waals surface area contributed by atoms with Crippen LogP contribution in [0.25, 0.3) is 0 Å². The fourth-order valence-electron chi connectivity index (χ4n) is 3.44.